The second kappa shape index (κ2) is 6.59. The number of unbranched alkanes of at least 4 members (excludes halogenated alkanes) is 2. The van der Waals surface area contributed by atoms with Crippen LogP contribution in [0.5, 0.6) is 0 Å². The van der Waals surface area contributed by atoms with Crippen LogP contribution in [0.4, 0.5) is 13.2 Å². The molecule has 1 unspecified atom stereocenters. The Kier molecular flexibility index (Phi) is 6.66. The fourth-order valence-electron chi connectivity index (χ4n) is 1.22. The lowest BCUT2D eigenvalue weighted by Gasteiger charge is -2.21. The summed E-state index contributed by atoms with van der Waals surface area (Å²) in [7, 11) is 0. The first-order valence-corrected chi connectivity index (χ1v) is 6.04. The maximum Gasteiger partial charge on any atom is 0.400 e. The lowest BCUT2D eigenvalue weighted by Crippen LogP contribution is -2.27. The van der Waals surface area contributed by atoms with Crippen LogP contribution in [0.15, 0.2) is 0 Å². The third-order valence-electron chi connectivity index (χ3n) is 1.87. The highest BCUT2D eigenvalue weighted by molar-refractivity contribution is 8.00. The minimum atomic E-state index is -4.04. The van der Waals surface area contributed by atoms with Gasteiger partial charge >= 0.3 is 6.18 Å². The second-order valence-electron chi connectivity index (χ2n) is 3.71. The summed E-state index contributed by atoms with van der Waals surface area (Å²) in [6.07, 6.45) is -1.23. The lowest BCUT2D eigenvalue weighted by molar-refractivity contribution is -0.130. The van der Waals surface area contributed by atoms with Gasteiger partial charge in [-0.2, -0.15) is 13.2 Å². The van der Waals surface area contributed by atoms with E-state index < -0.39 is 11.4 Å². The van der Waals surface area contributed by atoms with Crippen molar-refractivity contribution in [2.24, 2.45) is 0 Å². The third-order valence-corrected chi connectivity index (χ3v) is 3.25. The van der Waals surface area contributed by atoms with Gasteiger partial charge in [0, 0.05) is 0 Å². The van der Waals surface area contributed by atoms with Gasteiger partial charge in [-0.1, -0.05) is 40.0 Å². The Hall–Kier alpha value is 0.140. The van der Waals surface area contributed by atoms with Gasteiger partial charge in [-0.3, -0.25) is 0 Å². The molecule has 4 heteroatoms. The molecule has 86 valence electrons. The molecule has 1 atom stereocenters. The topological polar surface area (TPSA) is 0 Å². The maximum absolute atomic E-state index is 12.5. The zero-order chi connectivity index (χ0) is 11.2. The average Bonchev–Trinajstić information content (AvgIpc) is 2.00. The van der Waals surface area contributed by atoms with Gasteiger partial charge in [0.15, 0.2) is 0 Å². The minimum absolute atomic E-state index is 0.0447. The van der Waals surface area contributed by atoms with Crippen LogP contribution in [0, 0.1) is 0 Å². The number of hydrogen-bond acceptors (Lipinski definition) is 1. The highest BCUT2D eigenvalue weighted by Gasteiger charge is 2.39. The molecule has 0 rings (SSSR count). The van der Waals surface area contributed by atoms with Crippen LogP contribution >= 0.6 is 11.8 Å². The molecule has 0 nitrogen and oxygen atoms in total. The first kappa shape index (κ1) is 14.1. The minimum Gasteiger partial charge on any atom is -0.170 e. The Morgan fingerprint density at radius 1 is 1.14 bits per heavy atom. The number of halogens is 3. The molecule has 0 aromatic heterocycles. The van der Waals surface area contributed by atoms with Crippen LogP contribution in [0.3, 0.4) is 0 Å². The van der Waals surface area contributed by atoms with E-state index in [1.807, 2.05) is 20.8 Å². The van der Waals surface area contributed by atoms with E-state index in [9.17, 15) is 13.2 Å². The van der Waals surface area contributed by atoms with Gasteiger partial charge in [0.1, 0.15) is 5.25 Å². The van der Waals surface area contributed by atoms with E-state index in [0.29, 0.717) is 6.42 Å². The molecular weight excluding hydrogens is 209 g/mol. The standard InChI is InChI=1S/C10H19F3S/c1-4-5-6-7-9(10(11,12)13)14-8(2)3/h8-9H,4-7H2,1-3H3. The lowest BCUT2D eigenvalue weighted by atomic mass is 10.1. The molecule has 0 aromatic carbocycles. The number of hydrogen-bond donors (Lipinski definition) is 0. The molecule has 0 aromatic rings. The Morgan fingerprint density at radius 3 is 2.07 bits per heavy atom. The van der Waals surface area contributed by atoms with Crippen molar-refractivity contribution in [2.75, 3.05) is 0 Å². The van der Waals surface area contributed by atoms with Crippen LogP contribution in [0.25, 0.3) is 0 Å². The van der Waals surface area contributed by atoms with Crippen molar-refractivity contribution in [3.05, 3.63) is 0 Å². The Bertz CT molecular complexity index is 143. The zero-order valence-corrected chi connectivity index (χ0v) is 9.84. The van der Waals surface area contributed by atoms with Crippen molar-refractivity contribution in [3.8, 4) is 0 Å². The van der Waals surface area contributed by atoms with Gasteiger partial charge < -0.3 is 0 Å². The predicted molar refractivity (Wildman–Crippen MR) is 56.7 cm³/mol. The first-order chi connectivity index (χ1) is 6.38. The van der Waals surface area contributed by atoms with Crippen molar-refractivity contribution >= 4 is 11.8 Å². The molecule has 0 radical (unpaired) electrons. The van der Waals surface area contributed by atoms with Crippen molar-refractivity contribution in [1.29, 1.82) is 0 Å². The zero-order valence-electron chi connectivity index (χ0n) is 9.03. The second-order valence-corrected chi connectivity index (χ2v) is 5.49. The monoisotopic (exact) mass is 228 g/mol. The van der Waals surface area contributed by atoms with Crippen LogP contribution < -0.4 is 0 Å². The number of thioether (sulfide) groups is 1. The summed E-state index contributed by atoms with van der Waals surface area (Å²) in [5.41, 5.74) is 0. The van der Waals surface area contributed by atoms with Gasteiger partial charge in [0.05, 0.1) is 0 Å². The first-order valence-electron chi connectivity index (χ1n) is 5.10. The molecule has 0 aliphatic carbocycles. The predicted octanol–water partition coefficient (Wildman–Crippen LogP) is 4.64. The van der Waals surface area contributed by atoms with E-state index in [-0.39, 0.29) is 11.7 Å². The fraction of sp³-hybridized carbons (Fsp3) is 1.00. The SMILES string of the molecule is CCCCCC(SC(C)C)C(F)(F)F. The van der Waals surface area contributed by atoms with Crippen LogP contribution in [0.1, 0.15) is 46.5 Å². The Morgan fingerprint density at radius 2 is 1.71 bits per heavy atom. The molecule has 0 saturated heterocycles. The van der Waals surface area contributed by atoms with Crippen molar-refractivity contribution in [1.82, 2.24) is 0 Å². The molecular formula is C10H19F3S. The summed E-state index contributed by atoms with van der Waals surface area (Å²) >= 11 is 1.03. The van der Waals surface area contributed by atoms with E-state index >= 15 is 0 Å². The van der Waals surface area contributed by atoms with Gasteiger partial charge in [0.2, 0.25) is 0 Å². The molecule has 0 saturated carbocycles. The molecule has 14 heavy (non-hydrogen) atoms. The van der Waals surface area contributed by atoms with Gasteiger partial charge in [-0.05, 0) is 11.7 Å². The molecule has 0 aliphatic heterocycles. The third kappa shape index (κ3) is 6.57. The normalized spacial score (nSPS) is 14.8. The summed E-state index contributed by atoms with van der Waals surface area (Å²) in [4.78, 5) is 0. The van der Waals surface area contributed by atoms with Gasteiger partial charge in [-0.25, -0.2) is 0 Å². The molecule has 0 bridgehead atoms. The van der Waals surface area contributed by atoms with Crippen LogP contribution in [-0.2, 0) is 0 Å². The number of rotatable bonds is 6. The summed E-state index contributed by atoms with van der Waals surface area (Å²) < 4.78 is 37.5. The Balaban J connectivity index is 3.99. The Labute approximate surface area is 88.6 Å². The quantitative estimate of drug-likeness (QED) is 0.597. The maximum atomic E-state index is 12.5. The van der Waals surface area contributed by atoms with E-state index in [4.69, 9.17) is 0 Å². The smallest absolute Gasteiger partial charge is 0.170 e. The largest absolute Gasteiger partial charge is 0.400 e. The van der Waals surface area contributed by atoms with Crippen molar-refractivity contribution in [3.63, 3.8) is 0 Å². The average molecular weight is 228 g/mol. The summed E-state index contributed by atoms with van der Waals surface area (Å²) in [6.45, 7) is 5.62. The molecule has 0 aliphatic rings. The summed E-state index contributed by atoms with van der Waals surface area (Å²) in [6, 6.07) is 0. The fourth-order valence-corrected chi connectivity index (χ4v) is 2.33. The number of alkyl halides is 3. The van der Waals surface area contributed by atoms with Gasteiger partial charge in [0.25, 0.3) is 0 Å². The van der Waals surface area contributed by atoms with Crippen molar-refractivity contribution in [2.45, 2.75) is 63.1 Å². The van der Waals surface area contributed by atoms with Crippen molar-refractivity contribution < 1.29 is 13.2 Å². The van der Waals surface area contributed by atoms with Gasteiger partial charge in [-0.15, -0.1) is 11.8 Å². The van der Waals surface area contributed by atoms with E-state index in [0.717, 1.165) is 24.6 Å². The summed E-state index contributed by atoms with van der Waals surface area (Å²) in [5, 5.41) is -1.13. The molecule has 0 N–H and O–H groups in total. The van der Waals surface area contributed by atoms with E-state index in [1.165, 1.54) is 0 Å². The molecule has 0 amide bonds. The van der Waals surface area contributed by atoms with E-state index in [1.54, 1.807) is 0 Å². The van der Waals surface area contributed by atoms with Crippen LogP contribution in [-0.4, -0.2) is 16.7 Å². The highest BCUT2D eigenvalue weighted by Crippen LogP contribution is 2.36. The summed E-state index contributed by atoms with van der Waals surface area (Å²) in [5.74, 6) is 0. The van der Waals surface area contributed by atoms with Crippen LogP contribution in [0.2, 0.25) is 0 Å². The van der Waals surface area contributed by atoms with E-state index in [2.05, 4.69) is 0 Å². The molecule has 0 spiro atoms. The molecule has 0 fully saturated rings. The highest BCUT2D eigenvalue weighted by atomic mass is 32.2. The molecule has 0 heterocycles.